The summed E-state index contributed by atoms with van der Waals surface area (Å²) >= 11 is 9.36. The molecule has 1 aromatic heterocycles. The summed E-state index contributed by atoms with van der Waals surface area (Å²) in [5, 5.41) is 3.81. The van der Waals surface area contributed by atoms with Gasteiger partial charge in [-0.25, -0.2) is 0 Å². The number of ether oxygens (including phenoxy) is 1. The van der Waals surface area contributed by atoms with E-state index < -0.39 is 0 Å². The zero-order valence-electron chi connectivity index (χ0n) is 11.5. The lowest BCUT2D eigenvalue weighted by Gasteiger charge is -2.17. The van der Waals surface area contributed by atoms with E-state index in [1.165, 1.54) is 0 Å². The lowest BCUT2D eigenvalue weighted by molar-refractivity contribution is 0.392. The molecule has 1 N–H and O–H groups in total. The average Bonchev–Trinajstić information content (AvgIpc) is 2.85. The fourth-order valence-corrected chi connectivity index (χ4v) is 2.72. The molecule has 1 atom stereocenters. The van der Waals surface area contributed by atoms with Crippen molar-refractivity contribution >= 4 is 27.5 Å². The molecule has 0 aliphatic heterocycles. The quantitative estimate of drug-likeness (QED) is 0.819. The number of hydrogen-bond donors (Lipinski definition) is 1. The van der Waals surface area contributed by atoms with Crippen LogP contribution in [0.1, 0.15) is 24.3 Å². The smallest absolute Gasteiger partial charge is 0.193 e. The zero-order valence-corrected chi connectivity index (χ0v) is 13.8. The minimum Gasteiger partial charge on any atom is -0.496 e. The molecule has 1 unspecified atom stereocenters. The summed E-state index contributed by atoms with van der Waals surface area (Å²) in [5.74, 6) is 1.70. The maximum Gasteiger partial charge on any atom is 0.193 e. The van der Waals surface area contributed by atoms with Crippen LogP contribution in [0.15, 0.2) is 39.2 Å². The maximum absolute atomic E-state index is 5.86. The highest BCUT2D eigenvalue weighted by molar-refractivity contribution is 9.10. The fourth-order valence-electron chi connectivity index (χ4n) is 2.16. The van der Waals surface area contributed by atoms with Crippen LogP contribution in [-0.4, -0.2) is 13.7 Å². The van der Waals surface area contributed by atoms with Gasteiger partial charge in [0.2, 0.25) is 0 Å². The average molecular weight is 359 g/mol. The van der Waals surface area contributed by atoms with E-state index in [1.54, 1.807) is 13.2 Å². The molecule has 1 aromatic carbocycles. The molecule has 0 saturated heterocycles. The van der Waals surface area contributed by atoms with Gasteiger partial charge in [-0.3, -0.25) is 0 Å². The Morgan fingerprint density at radius 2 is 2.15 bits per heavy atom. The molecule has 3 nitrogen and oxygen atoms in total. The summed E-state index contributed by atoms with van der Waals surface area (Å²) in [5.41, 5.74) is 1.11. The first-order valence-corrected chi connectivity index (χ1v) is 7.62. The van der Waals surface area contributed by atoms with Crippen molar-refractivity contribution in [2.24, 2.45) is 0 Å². The monoisotopic (exact) mass is 357 g/mol. The summed E-state index contributed by atoms with van der Waals surface area (Å²) in [4.78, 5) is 0. The number of rotatable bonds is 6. The summed E-state index contributed by atoms with van der Waals surface area (Å²) in [6.07, 6.45) is 0.764. The molecule has 108 valence electrons. The third-order valence-electron chi connectivity index (χ3n) is 3.05. The van der Waals surface area contributed by atoms with Crippen molar-refractivity contribution in [3.63, 3.8) is 0 Å². The first kappa shape index (κ1) is 15.4. The van der Waals surface area contributed by atoms with Crippen molar-refractivity contribution < 1.29 is 9.15 Å². The highest BCUT2D eigenvalue weighted by Gasteiger charge is 2.17. The SMILES string of the molecule is CCNC(Cc1cc(Br)ccc1OC)c1ccc(Cl)o1. The second kappa shape index (κ2) is 7.16. The second-order valence-electron chi connectivity index (χ2n) is 4.41. The second-order valence-corrected chi connectivity index (χ2v) is 5.70. The predicted molar refractivity (Wildman–Crippen MR) is 84.5 cm³/mol. The van der Waals surface area contributed by atoms with Crippen LogP contribution in [0, 0.1) is 0 Å². The number of benzene rings is 1. The molecule has 2 aromatic rings. The van der Waals surface area contributed by atoms with Gasteiger partial charge in [0.1, 0.15) is 11.5 Å². The Bertz CT molecular complexity index is 571. The van der Waals surface area contributed by atoms with Crippen molar-refractivity contribution in [1.82, 2.24) is 5.32 Å². The van der Waals surface area contributed by atoms with Gasteiger partial charge in [-0.05, 0) is 60.5 Å². The molecular weight excluding hydrogens is 342 g/mol. The number of nitrogens with one attached hydrogen (secondary N) is 1. The Kier molecular flexibility index (Phi) is 5.52. The van der Waals surface area contributed by atoms with Gasteiger partial charge in [-0.1, -0.05) is 22.9 Å². The molecule has 0 radical (unpaired) electrons. The normalized spacial score (nSPS) is 12.4. The van der Waals surface area contributed by atoms with E-state index >= 15 is 0 Å². The van der Waals surface area contributed by atoms with Crippen LogP contribution < -0.4 is 10.1 Å². The third-order valence-corrected chi connectivity index (χ3v) is 3.75. The third kappa shape index (κ3) is 3.78. The van der Waals surface area contributed by atoms with Crippen LogP contribution in [0.5, 0.6) is 5.75 Å². The van der Waals surface area contributed by atoms with Crippen LogP contribution in [0.3, 0.4) is 0 Å². The number of likely N-dealkylation sites (N-methyl/N-ethyl adjacent to an activating group) is 1. The van der Waals surface area contributed by atoms with Gasteiger partial charge in [0.15, 0.2) is 5.22 Å². The number of hydrogen-bond acceptors (Lipinski definition) is 3. The van der Waals surface area contributed by atoms with Gasteiger partial charge >= 0.3 is 0 Å². The first-order valence-electron chi connectivity index (χ1n) is 6.45. The molecule has 0 spiro atoms. The lowest BCUT2D eigenvalue weighted by Crippen LogP contribution is -2.22. The van der Waals surface area contributed by atoms with E-state index in [0.29, 0.717) is 5.22 Å². The van der Waals surface area contributed by atoms with Gasteiger partial charge in [0.05, 0.1) is 13.2 Å². The predicted octanol–water partition coefficient (Wildman–Crippen LogP) is 4.60. The van der Waals surface area contributed by atoms with Gasteiger partial charge in [-0.15, -0.1) is 0 Å². The topological polar surface area (TPSA) is 34.4 Å². The van der Waals surface area contributed by atoms with Gasteiger partial charge in [0, 0.05) is 4.47 Å². The van der Waals surface area contributed by atoms with Crippen molar-refractivity contribution in [1.29, 1.82) is 0 Å². The highest BCUT2D eigenvalue weighted by atomic mass is 79.9. The van der Waals surface area contributed by atoms with E-state index in [1.807, 2.05) is 18.2 Å². The van der Waals surface area contributed by atoms with E-state index in [-0.39, 0.29) is 6.04 Å². The number of furan rings is 1. The summed E-state index contributed by atoms with van der Waals surface area (Å²) in [6.45, 7) is 2.91. The van der Waals surface area contributed by atoms with Crippen molar-refractivity contribution in [3.05, 3.63) is 51.3 Å². The van der Waals surface area contributed by atoms with Crippen molar-refractivity contribution in [2.75, 3.05) is 13.7 Å². The Morgan fingerprint density at radius 3 is 2.75 bits per heavy atom. The maximum atomic E-state index is 5.86. The Hall–Kier alpha value is -0.970. The molecule has 0 saturated carbocycles. The first-order chi connectivity index (χ1) is 9.63. The van der Waals surface area contributed by atoms with E-state index in [2.05, 4.69) is 34.2 Å². The largest absolute Gasteiger partial charge is 0.496 e. The van der Waals surface area contributed by atoms with Gasteiger partial charge in [-0.2, -0.15) is 0 Å². The van der Waals surface area contributed by atoms with E-state index in [9.17, 15) is 0 Å². The van der Waals surface area contributed by atoms with Crippen molar-refractivity contribution in [3.8, 4) is 5.75 Å². The number of methoxy groups -OCH3 is 1. The minimum atomic E-state index is 0.0655. The van der Waals surface area contributed by atoms with Gasteiger partial charge < -0.3 is 14.5 Å². The van der Waals surface area contributed by atoms with E-state index in [4.69, 9.17) is 20.8 Å². The molecule has 5 heteroatoms. The Morgan fingerprint density at radius 1 is 1.35 bits per heavy atom. The summed E-state index contributed by atoms with van der Waals surface area (Å²) in [6, 6.07) is 9.72. The van der Waals surface area contributed by atoms with Crippen LogP contribution in [0.25, 0.3) is 0 Å². The Balaban J connectivity index is 2.26. The number of halogens is 2. The lowest BCUT2D eigenvalue weighted by atomic mass is 10.0. The van der Waals surface area contributed by atoms with Gasteiger partial charge in [0.25, 0.3) is 0 Å². The fraction of sp³-hybridized carbons (Fsp3) is 0.333. The van der Waals surface area contributed by atoms with Crippen molar-refractivity contribution in [2.45, 2.75) is 19.4 Å². The van der Waals surface area contributed by atoms with Crippen LogP contribution in [0.4, 0.5) is 0 Å². The van der Waals surface area contributed by atoms with Crippen LogP contribution in [-0.2, 0) is 6.42 Å². The highest BCUT2D eigenvalue weighted by Crippen LogP contribution is 2.29. The van der Waals surface area contributed by atoms with Crippen LogP contribution in [0.2, 0.25) is 5.22 Å². The molecule has 0 fully saturated rings. The van der Waals surface area contributed by atoms with Crippen LogP contribution >= 0.6 is 27.5 Å². The summed E-state index contributed by atoms with van der Waals surface area (Å²) in [7, 11) is 1.68. The molecule has 20 heavy (non-hydrogen) atoms. The molecule has 0 amide bonds. The molecule has 2 rings (SSSR count). The molecule has 0 aliphatic carbocycles. The Labute approximate surface area is 132 Å². The molecule has 0 bridgehead atoms. The molecular formula is C15H17BrClNO2. The molecule has 0 aliphatic rings. The standard InChI is InChI=1S/C15H17BrClNO2/c1-3-18-12(14-6-7-15(17)20-14)9-10-8-11(16)4-5-13(10)19-2/h4-8,12,18H,3,9H2,1-2H3. The summed E-state index contributed by atoms with van der Waals surface area (Å²) < 4.78 is 12.0. The van der Waals surface area contributed by atoms with E-state index in [0.717, 1.165) is 34.5 Å². The zero-order chi connectivity index (χ0) is 14.5. The molecule has 1 heterocycles. The minimum absolute atomic E-state index is 0.0655.